The Labute approximate surface area is 134 Å². The SMILES string of the molecule is CC1NC(=O)C(C(C)(C)C)N(Cc2ccccc2Br)C1=O. The molecule has 1 aromatic carbocycles. The van der Waals surface area contributed by atoms with Crippen LogP contribution in [0.1, 0.15) is 33.3 Å². The fourth-order valence-electron chi connectivity index (χ4n) is 2.71. The summed E-state index contributed by atoms with van der Waals surface area (Å²) in [6, 6.07) is 6.84. The van der Waals surface area contributed by atoms with E-state index >= 15 is 0 Å². The Morgan fingerprint density at radius 1 is 1.24 bits per heavy atom. The van der Waals surface area contributed by atoms with E-state index in [2.05, 4.69) is 21.2 Å². The van der Waals surface area contributed by atoms with Crippen molar-refractivity contribution in [3.05, 3.63) is 34.3 Å². The Hall–Kier alpha value is -1.36. The van der Waals surface area contributed by atoms with Gasteiger partial charge in [-0.25, -0.2) is 0 Å². The molecular weight excluding hydrogens is 332 g/mol. The van der Waals surface area contributed by atoms with Crippen LogP contribution < -0.4 is 5.32 Å². The molecule has 21 heavy (non-hydrogen) atoms. The largest absolute Gasteiger partial charge is 0.343 e. The summed E-state index contributed by atoms with van der Waals surface area (Å²) < 4.78 is 0.948. The van der Waals surface area contributed by atoms with E-state index in [4.69, 9.17) is 0 Å². The van der Waals surface area contributed by atoms with Gasteiger partial charge in [0.1, 0.15) is 12.1 Å². The van der Waals surface area contributed by atoms with Crippen molar-refractivity contribution in [2.75, 3.05) is 0 Å². The zero-order chi connectivity index (χ0) is 15.8. The van der Waals surface area contributed by atoms with Crippen molar-refractivity contribution in [1.29, 1.82) is 0 Å². The zero-order valence-corrected chi connectivity index (χ0v) is 14.4. The Morgan fingerprint density at radius 3 is 2.43 bits per heavy atom. The summed E-state index contributed by atoms with van der Waals surface area (Å²) in [5.74, 6) is -0.119. The Balaban J connectivity index is 2.37. The van der Waals surface area contributed by atoms with Crippen LogP contribution in [0, 0.1) is 5.41 Å². The molecule has 0 spiro atoms. The molecule has 0 radical (unpaired) electrons. The maximum absolute atomic E-state index is 12.5. The Morgan fingerprint density at radius 2 is 1.86 bits per heavy atom. The van der Waals surface area contributed by atoms with E-state index in [1.54, 1.807) is 11.8 Å². The second-order valence-corrected chi connectivity index (χ2v) is 7.41. The zero-order valence-electron chi connectivity index (χ0n) is 12.8. The van der Waals surface area contributed by atoms with Crippen molar-refractivity contribution in [3.63, 3.8) is 0 Å². The van der Waals surface area contributed by atoms with Crippen LogP contribution in [-0.2, 0) is 16.1 Å². The summed E-state index contributed by atoms with van der Waals surface area (Å²) in [5, 5.41) is 2.77. The number of nitrogens with zero attached hydrogens (tertiary/aromatic N) is 1. The molecule has 5 heteroatoms. The predicted molar refractivity (Wildman–Crippen MR) is 85.5 cm³/mol. The molecule has 0 aromatic heterocycles. The average molecular weight is 353 g/mol. The van der Waals surface area contributed by atoms with Crippen LogP contribution in [0.2, 0.25) is 0 Å². The van der Waals surface area contributed by atoms with E-state index in [9.17, 15) is 9.59 Å². The summed E-state index contributed by atoms with van der Waals surface area (Å²) in [5.41, 5.74) is 0.684. The molecule has 1 aliphatic heterocycles. The highest BCUT2D eigenvalue weighted by Gasteiger charge is 2.44. The molecule has 2 amide bonds. The summed E-state index contributed by atoms with van der Waals surface area (Å²) in [6.07, 6.45) is 0. The van der Waals surface area contributed by atoms with Gasteiger partial charge in [0.25, 0.3) is 0 Å². The van der Waals surface area contributed by atoms with Crippen molar-refractivity contribution in [2.24, 2.45) is 5.41 Å². The molecule has 0 aliphatic carbocycles. The summed E-state index contributed by atoms with van der Waals surface area (Å²) >= 11 is 3.51. The predicted octanol–water partition coefficient (Wildman–Crippen LogP) is 2.71. The maximum Gasteiger partial charge on any atom is 0.245 e. The normalized spacial score (nSPS) is 23.2. The number of rotatable bonds is 2. The van der Waals surface area contributed by atoms with Crippen LogP contribution in [-0.4, -0.2) is 28.8 Å². The van der Waals surface area contributed by atoms with Gasteiger partial charge in [0.05, 0.1) is 0 Å². The van der Waals surface area contributed by atoms with Gasteiger partial charge in [-0.1, -0.05) is 54.9 Å². The molecule has 1 aliphatic rings. The third kappa shape index (κ3) is 3.28. The molecule has 1 aromatic rings. The van der Waals surface area contributed by atoms with Gasteiger partial charge < -0.3 is 10.2 Å². The molecule has 2 unspecified atom stereocenters. The number of carbonyl (C=O) groups excluding carboxylic acids is 2. The van der Waals surface area contributed by atoms with E-state index in [0.717, 1.165) is 10.0 Å². The van der Waals surface area contributed by atoms with Gasteiger partial charge in [0.15, 0.2) is 0 Å². The Bertz CT molecular complexity index is 566. The lowest BCUT2D eigenvalue weighted by Gasteiger charge is -2.44. The molecule has 4 nitrogen and oxygen atoms in total. The molecule has 0 saturated carbocycles. The molecule has 2 atom stereocenters. The minimum atomic E-state index is -0.474. The van der Waals surface area contributed by atoms with Crippen molar-refractivity contribution in [1.82, 2.24) is 10.2 Å². The highest BCUT2D eigenvalue weighted by Crippen LogP contribution is 2.30. The molecule has 114 valence electrons. The molecule has 1 saturated heterocycles. The van der Waals surface area contributed by atoms with E-state index in [0.29, 0.717) is 6.54 Å². The van der Waals surface area contributed by atoms with Crippen molar-refractivity contribution in [2.45, 2.75) is 46.3 Å². The second kappa shape index (κ2) is 5.79. The molecule has 2 rings (SSSR count). The van der Waals surface area contributed by atoms with Gasteiger partial charge in [0.2, 0.25) is 11.8 Å². The first-order valence-electron chi connectivity index (χ1n) is 7.06. The third-order valence-electron chi connectivity index (χ3n) is 3.69. The van der Waals surface area contributed by atoms with E-state index < -0.39 is 12.1 Å². The van der Waals surface area contributed by atoms with Crippen LogP contribution in [0.5, 0.6) is 0 Å². The standard InChI is InChI=1S/C16H21BrN2O2/c1-10-15(21)19(9-11-7-5-6-8-12(11)17)13(14(20)18-10)16(2,3)4/h5-8,10,13H,9H2,1-4H3,(H,18,20). The summed E-state index contributed by atoms with van der Waals surface area (Å²) in [7, 11) is 0. The number of hydrogen-bond acceptors (Lipinski definition) is 2. The van der Waals surface area contributed by atoms with Crippen LogP contribution >= 0.6 is 15.9 Å². The average Bonchev–Trinajstić information content (AvgIpc) is 2.36. The fourth-order valence-corrected chi connectivity index (χ4v) is 3.12. The van der Waals surface area contributed by atoms with Gasteiger partial charge in [-0.15, -0.1) is 0 Å². The number of amides is 2. The maximum atomic E-state index is 12.5. The van der Waals surface area contributed by atoms with Crippen LogP contribution in [0.25, 0.3) is 0 Å². The first-order chi connectivity index (χ1) is 9.71. The monoisotopic (exact) mass is 352 g/mol. The lowest BCUT2D eigenvalue weighted by atomic mass is 9.83. The number of hydrogen-bond donors (Lipinski definition) is 1. The van der Waals surface area contributed by atoms with Gasteiger partial charge in [-0.05, 0) is 24.0 Å². The van der Waals surface area contributed by atoms with Gasteiger partial charge in [-0.3, -0.25) is 9.59 Å². The molecule has 1 N–H and O–H groups in total. The van der Waals surface area contributed by atoms with Crippen LogP contribution in [0.4, 0.5) is 0 Å². The first-order valence-corrected chi connectivity index (χ1v) is 7.85. The van der Waals surface area contributed by atoms with E-state index in [-0.39, 0.29) is 17.2 Å². The van der Waals surface area contributed by atoms with E-state index in [1.165, 1.54) is 0 Å². The van der Waals surface area contributed by atoms with Gasteiger partial charge in [-0.2, -0.15) is 0 Å². The summed E-state index contributed by atoms with van der Waals surface area (Å²) in [6.45, 7) is 8.10. The smallest absolute Gasteiger partial charge is 0.245 e. The molecular formula is C16H21BrN2O2. The number of benzene rings is 1. The first kappa shape index (κ1) is 16.0. The number of halogens is 1. The van der Waals surface area contributed by atoms with E-state index in [1.807, 2.05) is 45.0 Å². The molecule has 1 fully saturated rings. The number of nitrogens with one attached hydrogen (secondary N) is 1. The highest BCUT2D eigenvalue weighted by molar-refractivity contribution is 9.10. The van der Waals surface area contributed by atoms with Crippen molar-refractivity contribution < 1.29 is 9.59 Å². The topological polar surface area (TPSA) is 49.4 Å². The number of carbonyl (C=O) groups is 2. The quantitative estimate of drug-likeness (QED) is 0.889. The Kier molecular flexibility index (Phi) is 4.42. The third-order valence-corrected chi connectivity index (χ3v) is 4.46. The minimum Gasteiger partial charge on any atom is -0.343 e. The van der Waals surface area contributed by atoms with Crippen LogP contribution in [0.15, 0.2) is 28.7 Å². The molecule has 1 heterocycles. The fraction of sp³-hybridized carbons (Fsp3) is 0.500. The lowest BCUT2D eigenvalue weighted by molar-refractivity contribution is -0.154. The molecule has 0 bridgehead atoms. The van der Waals surface area contributed by atoms with Crippen LogP contribution in [0.3, 0.4) is 0 Å². The van der Waals surface area contributed by atoms with Crippen molar-refractivity contribution in [3.8, 4) is 0 Å². The second-order valence-electron chi connectivity index (χ2n) is 6.56. The van der Waals surface area contributed by atoms with Gasteiger partial charge in [0, 0.05) is 11.0 Å². The minimum absolute atomic E-state index is 0.0368. The van der Waals surface area contributed by atoms with Gasteiger partial charge >= 0.3 is 0 Å². The highest BCUT2D eigenvalue weighted by atomic mass is 79.9. The van der Waals surface area contributed by atoms with Crippen molar-refractivity contribution >= 4 is 27.7 Å². The summed E-state index contributed by atoms with van der Waals surface area (Å²) in [4.78, 5) is 26.6. The lowest BCUT2D eigenvalue weighted by Crippen LogP contribution is -2.65. The number of piperazine rings is 1.